The molecule has 4 rings (SSSR count). The molecule has 0 radical (unpaired) electrons. The third-order valence-electron chi connectivity index (χ3n) is 6.15. The quantitative estimate of drug-likeness (QED) is 0.803. The van der Waals surface area contributed by atoms with E-state index in [2.05, 4.69) is 11.0 Å². The number of aliphatic hydroxyl groups excluding tert-OH is 1. The highest BCUT2D eigenvalue weighted by Gasteiger charge is 2.42. The molecule has 2 aliphatic rings. The molecule has 0 aromatic heterocycles. The molecule has 0 unspecified atom stereocenters. The normalized spacial score (nSPS) is 26.8. The van der Waals surface area contributed by atoms with Gasteiger partial charge in [-0.1, -0.05) is 6.07 Å². The topological polar surface area (TPSA) is 51.2 Å². The molecule has 1 saturated heterocycles. The summed E-state index contributed by atoms with van der Waals surface area (Å²) in [5.74, 6) is 2.87. The second-order valence-electron chi connectivity index (χ2n) is 8.04. The molecule has 2 fully saturated rings. The molecule has 156 valence electrons. The highest BCUT2D eigenvalue weighted by molar-refractivity contribution is 5.40. The molecule has 29 heavy (non-hydrogen) atoms. The fraction of sp³-hybridized carbons (Fsp3) is 0.478. The van der Waals surface area contributed by atoms with Crippen LogP contribution in [0.1, 0.15) is 18.4 Å². The molecule has 6 heteroatoms. The van der Waals surface area contributed by atoms with E-state index in [-0.39, 0.29) is 11.9 Å². The van der Waals surface area contributed by atoms with Crippen molar-refractivity contribution in [1.29, 1.82) is 0 Å². The lowest BCUT2D eigenvalue weighted by Gasteiger charge is -2.35. The Hall–Kier alpha value is -2.31. The van der Waals surface area contributed by atoms with E-state index in [0.29, 0.717) is 17.6 Å². The summed E-state index contributed by atoms with van der Waals surface area (Å²) in [4.78, 5) is 2.42. The lowest BCUT2D eigenvalue weighted by molar-refractivity contribution is -0.0231. The summed E-state index contributed by atoms with van der Waals surface area (Å²) in [5, 5.41) is 10.6. The number of benzene rings is 2. The minimum absolute atomic E-state index is 0.253. The second-order valence-corrected chi connectivity index (χ2v) is 8.04. The first-order valence-corrected chi connectivity index (χ1v) is 10.1. The largest absolute Gasteiger partial charge is 0.497 e. The Labute approximate surface area is 171 Å². The summed E-state index contributed by atoms with van der Waals surface area (Å²) in [7, 11) is 3.32. The Morgan fingerprint density at radius 2 is 1.66 bits per heavy atom. The molecule has 0 amide bonds. The zero-order valence-corrected chi connectivity index (χ0v) is 16.9. The van der Waals surface area contributed by atoms with Crippen molar-refractivity contribution >= 4 is 0 Å². The fourth-order valence-electron chi connectivity index (χ4n) is 4.65. The maximum absolute atomic E-state index is 13.1. The van der Waals surface area contributed by atoms with Gasteiger partial charge in [0.2, 0.25) is 0 Å². The number of methoxy groups -OCH3 is 2. The zero-order valence-electron chi connectivity index (χ0n) is 16.9. The third kappa shape index (κ3) is 4.49. The molecule has 1 saturated carbocycles. The van der Waals surface area contributed by atoms with Gasteiger partial charge in [0.05, 0.1) is 20.3 Å². The number of likely N-dealkylation sites (tertiary alicyclic amines) is 1. The van der Waals surface area contributed by atoms with Crippen LogP contribution in [-0.4, -0.2) is 49.5 Å². The van der Waals surface area contributed by atoms with Crippen molar-refractivity contribution in [2.45, 2.75) is 31.6 Å². The van der Waals surface area contributed by atoms with Crippen molar-refractivity contribution in [3.63, 3.8) is 0 Å². The van der Waals surface area contributed by atoms with E-state index in [1.54, 1.807) is 26.4 Å². The molecular formula is C23H28FNO4. The minimum atomic E-state index is -0.503. The van der Waals surface area contributed by atoms with Gasteiger partial charge in [0, 0.05) is 31.3 Å². The summed E-state index contributed by atoms with van der Waals surface area (Å²) in [5.41, 5.74) is 1.13. The van der Waals surface area contributed by atoms with Crippen LogP contribution in [0.5, 0.6) is 17.2 Å². The van der Waals surface area contributed by atoms with E-state index in [0.717, 1.165) is 49.5 Å². The van der Waals surface area contributed by atoms with Gasteiger partial charge in [0.15, 0.2) is 0 Å². The molecule has 2 aromatic rings. The Kier molecular flexibility index (Phi) is 5.92. The van der Waals surface area contributed by atoms with Crippen LogP contribution in [0, 0.1) is 17.7 Å². The molecule has 1 aliphatic heterocycles. The number of nitrogens with zero attached hydrogens (tertiary/aromatic N) is 1. The summed E-state index contributed by atoms with van der Waals surface area (Å²) in [6.07, 6.45) is 0.778. The summed E-state index contributed by atoms with van der Waals surface area (Å²) < 4.78 is 29.9. The Morgan fingerprint density at radius 3 is 2.34 bits per heavy atom. The van der Waals surface area contributed by atoms with Gasteiger partial charge in [-0.25, -0.2) is 4.39 Å². The van der Waals surface area contributed by atoms with Crippen LogP contribution in [0.3, 0.4) is 0 Å². The highest BCUT2D eigenvalue weighted by Crippen LogP contribution is 2.39. The maximum Gasteiger partial charge on any atom is 0.127 e. The van der Waals surface area contributed by atoms with Crippen LogP contribution in [-0.2, 0) is 6.54 Å². The molecule has 2 aromatic carbocycles. The van der Waals surface area contributed by atoms with Crippen molar-refractivity contribution in [2.24, 2.45) is 11.8 Å². The summed E-state index contributed by atoms with van der Waals surface area (Å²) in [6, 6.07) is 11.9. The highest BCUT2D eigenvalue weighted by atomic mass is 19.1. The van der Waals surface area contributed by atoms with E-state index in [4.69, 9.17) is 14.2 Å². The van der Waals surface area contributed by atoms with Gasteiger partial charge in [0.25, 0.3) is 0 Å². The first kappa shape index (κ1) is 20.0. The molecule has 0 spiro atoms. The molecule has 1 aliphatic carbocycles. The van der Waals surface area contributed by atoms with Crippen LogP contribution in [0.25, 0.3) is 0 Å². The van der Waals surface area contributed by atoms with Crippen molar-refractivity contribution in [2.75, 3.05) is 27.3 Å². The number of rotatable bonds is 6. The van der Waals surface area contributed by atoms with Gasteiger partial charge in [-0.15, -0.1) is 0 Å². The molecule has 0 bridgehead atoms. The van der Waals surface area contributed by atoms with Crippen molar-refractivity contribution in [1.82, 2.24) is 4.90 Å². The maximum atomic E-state index is 13.1. The van der Waals surface area contributed by atoms with Crippen molar-refractivity contribution < 1.29 is 23.7 Å². The number of ether oxygens (including phenoxy) is 3. The smallest absolute Gasteiger partial charge is 0.127 e. The van der Waals surface area contributed by atoms with Gasteiger partial charge >= 0.3 is 0 Å². The molecule has 4 atom stereocenters. The zero-order chi connectivity index (χ0) is 20.4. The molecule has 5 nitrogen and oxygen atoms in total. The van der Waals surface area contributed by atoms with Crippen LogP contribution < -0.4 is 14.2 Å². The lowest BCUT2D eigenvalue weighted by Crippen LogP contribution is -2.42. The van der Waals surface area contributed by atoms with E-state index in [9.17, 15) is 9.50 Å². The first-order chi connectivity index (χ1) is 14.1. The van der Waals surface area contributed by atoms with E-state index >= 15 is 0 Å². The van der Waals surface area contributed by atoms with E-state index in [1.807, 2.05) is 12.1 Å². The second kappa shape index (κ2) is 8.59. The lowest BCUT2D eigenvalue weighted by atomic mass is 9.78. The Balaban J connectivity index is 1.39. The van der Waals surface area contributed by atoms with Gasteiger partial charge in [-0.3, -0.25) is 4.90 Å². The van der Waals surface area contributed by atoms with E-state index in [1.165, 1.54) is 12.1 Å². The number of hydrogen-bond acceptors (Lipinski definition) is 5. The molecule has 1 N–H and O–H groups in total. The van der Waals surface area contributed by atoms with Crippen LogP contribution >= 0.6 is 0 Å². The number of hydrogen-bond donors (Lipinski definition) is 1. The Bertz CT molecular complexity index is 828. The predicted molar refractivity (Wildman–Crippen MR) is 108 cm³/mol. The SMILES string of the molecule is COc1ccc(CN2C[C@H]3C[C@@H](Oc4ccc(F)cc4)[C@H](O)C[C@H]3C2)c(OC)c1. The van der Waals surface area contributed by atoms with Gasteiger partial charge in [0.1, 0.15) is 29.2 Å². The van der Waals surface area contributed by atoms with Crippen LogP contribution in [0.4, 0.5) is 4.39 Å². The average molecular weight is 401 g/mol. The van der Waals surface area contributed by atoms with Crippen molar-refractivity contribution in [3.05, 3.63) is 53.8 Å². The van der Waals surface area contributed by atoms with Crippen LogP contribution in [0.15, 0.2) is 42.5 Å². The summed E-state index contributed by atoms with van der Waals surface area (Å²) in [6.45, 7) is 2.73. The monoisotopic (exact) mass is 401 g/mol. The average Bonchev–Trinajstić information content (AvgIpc) is 3.11. The van der Waals surface area contributed by atoms with Crippen LogP contribution in [0.2, 0.25) is 0 Å². The van der Waals surface area contributed by atoms with Gasteiger partial charge in [-0.2, -0.15) is 0 Å². The molecule has 1 heterocycles. The van der Waals surface area contributed by atoms with Crippen molar-refractivity contribution in [3.8, 4) is 17.2 Å². The van der Waals surface area contributed by atoms with Gasteiger partial charge in [-0.05, 0) is 55.0 Å². The predicted octanol–water partition coefficient (Wildman–Crippen LogP) is 3.49. The standard InChI is InChI=1S/C23H28FNO4/c1-27-20-6-3-15(22(11-20)28-2)12-25-13-16-9-21(26)23(10-17(16)14-25)29-19-7-4-18(24)5-8-19/h3-8,11,16-17,21,23,26H,9-10,12-14H2,1-2H3/t16-,17+,21+,23+/m0/s1. The number of halogens is 1. The molecular weight excluding hydrogens is 373 g/mol. The number of fused-ring (bicyclic) bond motifs is 1. The minimum Gasteiger partial charge on any atom is -0.497 e. The summed E-state index contributed by atoms with van der Waals surface area (Å²) >= 11 is 0. The van der Waals surface area contributed by atoms with E-state index < -0.39 is 6.10 Å². The van der Waals surface area contributed by atoms with Gasteiger partial charge < -0.3 is 19.3 Å². The first-order valence-electron chi connectivity index (χ1n) is 10.1. The Morgan fingerprint density at radius 1 is 0.966 bits per heavy atom. The third-order valence-corrected chi connectivity index (χ3v) is 6.15. The fourth-order valence-corrected chi connectivity index (χ4v) is 4.65. The number of aliphatic hydroxyl groups is 1.